The fourth-order valence-corrected chi connectivity index (χ4v) is 5.13. The first-order valence-corrected chi connectivity index (χ1v) is 11.6. The van der Waals surface area contributed by atoms with E-state index in [1.807, 2.05) is 0 Å². The Hall–Kier alpha value is -3.01. The minimum atomic E-state index is -0.533. The lowest BCUT2D eigenvalue weighted by Crippen LogP contribution is -2.45. The molecule has 11 heteroatoms. The Morgan fingerprint density at radius 3 is 2.53 bits per heavy atom. The molecule has 3 saturated carbocycles. The molecule has 2 bridgehead atoms. The fraction of sp³-hybridized carbons (Fsp3) is 0.435. The van der Waals surface area contributed by atoms with E-state index >= 15 is 0 Å². The van der Waals surface area contributed by atoms with Gasteiger partial charge in [-0.1, -0.05) is 42.2 Å². The number of halogens is 2. The largest absolute Gasteiger partial charge is 0.350 e. The quantitative estimate of drug-likeness (QED) is 0.527. The summed E-state index contributed by atoms with van der Waals surface area (Å²) in [5.74, 6) is -1.24. The third-order valence-electron chi connectivity index (χ3n) is 7.24. The second kappa shape index (κ2) is 8.65. The molecular formula is C23H23BClFN6O2. The van der Waals surface area contributed by atoms with Crippen LogP contribution < -0.4 is 10.6 Å². The Kier molecular flexibility index (Phi) is 5.79. The van der Waals surface area contributed by atoms with Gasteiger partial charge in [0.2, 0.25) is 0 Å². The predicted molar refractivity (Wildman–Crippen MR) is 124 cm³/mol. The first-order valence-electron chi connectivity index (χ1n) is 11.3. The van der Waals surface area contributed by atoms with E-state index in [2.05, 4.69) is 25.7 Å². The molecule has 8 nitrogen and oxygen atoms in total. The summed E-state index contributed by atoms with van der Waals surface area (Å²) in [7, 11) is 6.40. The molecule has 1 aromatic carbocycles. The van der Waals surface area contributed by atoms with E-state index in [0.29, 0.717) is 12.1 Å². The van der Waals surface area contributed by atoms with Crippen molar-refractivity contribution in [1.29, 1.82) is 0 Å². The van der Waals surface area contributed by atoms with Gasteiger partial charge in [0.15, 0.2) is 0 Å². The van der Waals surface area contributed by atoms with Gasteiger partial charge in [-0.05, 0) is 42.4 Å². The van der Waals surface area contributed by atoms with Crippen molar-refractivity contribution in [2.45, 2.75) is 50.4 Å². The zero-order valence-electron chi connectivity index (χ0n) is 18.5. The van der Waals surface area contributed by atoms with Gasteiger partial charge in [-0.3, -0.25) is 9.59 Å². The summed E-state index contributed by atoms with van der Waals surface area (Å²) in [5, 5.41) is 9.77. The molecular weight excluding hydrogens is 458 g/mol. The van der Waals surface area contributed by atoms with Crippen molar-refractivity contribution in [3.63, 3.8) is 0 Å². The number of fused-ring (bicyclic) bond motifs is 4. The lowest BCUT2D eigenvalue weighted by molar-refractivity contribution is 0.0664. The number of carbonyl (C=O) groups is 2. The molecule has 34 heavy (non-hydrogen) atoms. The van der Waals surface area contributed by atoms with Crippen molar-refractivity contribution >= 4 is 37.0 Å². The summed E-state index contributed by atoms with van der Waals surface area (Å²) in [6.45, 7) is 0.665. The van der Waals surface area contributed by atoms with Crippen LogP contribution in [0, 0.1) is 11.2 Å². The molecule has 3 aliphatic carbocycles. The highest BCUT2D eigenvalue weighted by atomic mass is 35.5. The minimum absolute atomic E-state index is 0.0266. The van der Waals surface area contributed by atoms with Gasteiger partial charge >= 0.3 is 0 Å². The first-order chi connectivity index (χ1) is 16.3. The Bertz CT molecular complexity index is 1260. The molecule has 2 amide bonds. The van der Waals surface area contributed by atoms with Crippen LogP contribution in [0.1, 0.15) is 65.1 Å². The highest BCUT2D eigenvalue weighted by molar-refractivity contribution is 6.30. The van der Waals surface area contributed by atoms with Crippen molar-refractivity contribution in [2.75, 3.05) is 6.54 Å². The molecule has 3 aliphatic rings. The van der Waals surface area contributed by atoms with E-state index in [1.54, 1.807) is 0 Å². The highest BCUT2D eigenvalue weighted by Crippen LogP contribution is 2.59. The highest BCUT2D eigenvalue weighted by Gasteiger charge is 2.45. The Morgan fingerprint density at radius 2 is 1.82 bits per heavy atom. The molecule has 2 heterocycles. The SMILES string of the molecule is [B]C12CCC(CNC(=O)c3cc(C(=O)NCc4ccc(F)c(Cl)c4)nc4ncnn34)(CC1)CC2. The Labute approximate surface area is 202 Å². The summed E-state index contributed by atoms with van der Waals surface area (Å²) in [5.41, 5.74) is 0.901. The molecule has 0 aliphatic heterocycles. The number of nitrogens with one attached hydrogen (secondary N) is 2. The lowest BCUT2D eigenvalue weighted by Gasteiger charge is -2.52. The number of rotatable bonds is 6. The maximum Gasteiger partial charge on any atom is 0.270 e. The molecule has 2 N–H and O–H groups in total. The number of aromatic nitrogens is 4. The Balaban J connectivity index is 1.30. The zero-order chi connectivity index (χ0) is 23.9. The third kappa shape index (κ3) is 4.38. The van der Waals surface area contributed by atoms with Crippen molar-refractivity contribution in [3.05, 3.63) is 58.4 Å². The first kappa shape index (κ1) is 22.8. The summed E-state index contributed by atoms with van der Waals surface area (Å²) in [4.78, 5) is 34.1. The van der Waals surface area contributed by atoms with Crippen LogP contribution in [-0.4, -0.2) is 45.8 Å². The van der Waals surface area contributed by atoms with Crippen LogP contribution in [-0.2, 0) is 6.54 Å². The molecule has 2 radical (unpaired) electrons. The van der Waals surface area contributed by atoms with E-state index in [0.717, 1.165) is 38.5 Å². The molecule has 0 saturated heterocycles. The number of hydrogen-bond donors (Lipinski definition) is 2. The number of amides is 2. The standard InChI is InChI=1S/C23H23BClFN6O2/c24-23-6-3-22(4-7-23,5-8-23)12-28-20(34)18-10-17(31-21-29-13-30-32(18)21)19(33)27-11-14-1-2-16(26)15(25)9-14/h1-2,9-10,13H,3-8,11-12H2,(H,27,33)(H,28,34). The summed E-state index contributed by atoms with van der Waals surface area (Å²) in [6.07, 6.45) is 7.22. The van der Waals surface area contributed by atoms with Crippen LogP contribution in [0.2, 0.25) is 10.3 Å². The number of hydrogen-bond acceptors (Lipinski definition) is 5. The number of nitrogens with zero attached hydrogens (tertiary/aromatic N) is 4. The topological polar surface area (TPSA) is 101 Å². The Morgan fingerprint density at radius 1 is 1.09 bits per heavy atom. The molecule has 0 unspecified atom stereocenters. The normalized spacial score (nSPS) is 23.7. The van der Waals surface area contributed by atoms with Gasteiger partial charge in [0.25, 0.3) is 17.6 Å². The van der Waals surface area contributed by atoms with Gasteiger partial charge in [-0.25, -0.2) is 9.37 Å². The minimum Gasteiger partial charge on any atom is -0.350 e. The van der Waals surface area contributed by atoms with E-state index in [9.17, 15) is 14.0 Å². The molecule has 3 fully saturated rings. The number of benzene rings is 1. The third-order valence-corrected chi connectivity index (χ3v) is 7.53. The second-order valence-corrected chi connectivity index (χ2v) is 9.88. The molecule has 2 aromatic heterocycles. The zero-order valence-corrected chi connectivity index (χ0v) is 19.2. The van der Waals surface area contributed by atoms with Crippen molar-refractivity contribution < 1.29 is 14.0 Å². The van der Waals surface area contributed by atoms with Crippen molar-refractivity contribution in [3.8, 4) is 0 Å². The molecule has 6 rings (SSSR count). The maximum atomic E-state index is 13.4. The molecule has 0 spiro atoms. The summed E-state index contributed by atoms with van der Waals surface area (Å²) >= 11 is 5.80. The average Bonchev–Trinajstić information content (AvgIpc) is 3.32. The van der Waals surface area contributed by atoms with Gasteiger partial charge in [-0.15, -0.1) is 0 Å². The van der Waals surface area contributed by atoms with Gasteiger partial charge in [0, 0.05) is 19.2 Å². The van der Waals surface area contributed by atoms with Crippen LogP contribution in [0.15, 0.2) is 30.6 Å². The van der Waals surface area contributed by atoms with E-state index < -0.39 is 11.7 Å². The van der Waals surface area contributed by atoms with Crippen LogP contribution in [0.3, 0.4) is 0 Å². The maximum absolute atomic E-state index is 13.4. The molecule has 3 aromatic rings. The van der Waals surface area contributed by atoms with Crippen molar-refractivity contribution in [2.24, 2.45) is 5.41 Å². The van der Waals surface area contributed by atoms with Gasteiger partial charge in [0.1, 0.15) is 23.5 Å². The van der Waals surface area contributed by atoms with Gasteiger partial charge in [-0.2, -0.15) is 14.6 Å². The molecule has 0 atom stereocenters. The fourth-order valence-electron chi connectivity index (χ4n) is 4.93. The van der Waals surface area contributed by atoms with E-state index in [4.69, 9.17) is 19.4 Å². The van der Waals surface area contributed by atoms with Crippen LogP contribution in [0.5, 0.6) is 0 Å². The van der Waals surface area contributed by atoms with E-state index in [1.165, 1.54) is 35.1 Å². The smallest absolute Gasteiger partial charge is 0.270 e. The van der Waals surface area contributed by atoms with Gasteiger partial charge in [0.05, 0.1) is 12.9 Å². The second-order valence-electron chi connectivity index (χ2n) is 9.47. The summed E-state index contributed by atoms with van der Waals surface area (Å²) in [6, 6.07) is 5.60. The average molecular weight is 481 g/mol. The van der Waals surface area contributed by atoms with Crippen LogP contribution in [0.4, 0.5) is 4.39 Å². The lowest BCUT2D eigenvalue weighted by atomic mass is 9.46. The monoisotopic (exact) mass is 480 g/mol. The summed E-state index contributed by atoms with van der Waals surface area (Å²) < 4.78 is 14.7. The van der Waals surface area contributed by atoms with Gasteiger partial charge < -0.3 is 10.6 Å². The van der Waals surface area contributed by atoms with Crippen LogP contribution in [0.25, 0.3) is 5.78 Å². The van der Waals surface area contributed by atoms with E-state index in [-0.39, 0.29) is 45.4 Å². The van der Waals surface area contributed by atoms with Crippen LogP contribution >= 0.6 is 11.6 Å². The van der Waals surface area contributed by atoms with Crippen molar-refractivity contribution in [1.82, 2.24) is 30.2 Å². The number of carbonyl (C=O) groups excluding carboxylic acids is 2. The predicted octanol–water partition coefficient (Wildman–Crippen LogP) is 3.26. The molecule has 174 valence electrons.